The number of hydrogen-bond donors (Lipinski definition) is 1. The van der Waals surface area contributed by atoms with E-state index in [2.05, 4.69) is 5.32 Å². The van der Waals surface area contributed by atoms with E-state index in [0.717, 1.165) is 6.07 Å². The molecular weight excluding hydrogens is 212 g/mol. The number of nitrogens with one attached hydrogen (secondary N) is 1. The van der Waals surface area contributed by atoms with Gasteiger partial charge in [0.25, 0.3) is 0 Å². The topological polar surface area (TPSA) is 21.3 Å². The van der Waals surface area contributed by atoms with Gasteiger partial charge in [-0.1, -0.05) is 0 Å². The monoisotopic (exact) mass is 219 g/mol. The molecule has 1 N–H and O–H groups in total. The lowest BCUT2D eigenvalue weighted by molar-refractivity contribution is 0.273. The van der Waals surface area contributed by atoms with E-state index in [9.17, 15) is 8.78 Å². The van der Waals surface area contributed by atoms with Crippen molar-refractivity contribution in [1.29, 1.82) is 0 Å². The van der Waals surface area contributed by atoms with Crippen molar-refractivity contribution in [2.24, 2.45) is 0 Å². The molecule has 1 aliphatic heterocycles. The number of alkyl halides is 1. The highest BCUT2D eigenvalue weighted by molar-refractivity contribution is 6.18. The Bertz CT molecular complexity index is 359. The average Bonchev–Trinajstić information content (AvgIpc) is 2.23. The Morgan fingerprint density at radius 3 is 3.00 bits per heavy atom. The van der Waals surface area contributed by atoms with E-state index in [1.165, 1.54) is 6.07 Å². The highest BCUT2D eigenvalue weighted by Gasteiger charge is 2.22. The Hall–Kier alpha value is -1.03. The number of rotatable bonds is 1. The summed E-state index contributed by atoms with van der Waals surface area (Å²) in [6.07, 6.45) is 0. The standard InChI is InChI=1S/C9H8ClF2NO/c10-3-5-4-14-9-7(13-5)2-1-6(11)8(9)12/h1-2,5,13H,3-4H2. The van der Waals surface area contributed by atoms with Gasteiger partial charge in [-0.2, -0.15) is 4.39 Å². The Kier molecular flexibility index (Phi) is 2.46. The van der Waals surface area contributed by atoms with Crippen molar-refractivity contribution in [2.45, 2.75) is 6.04 Å². The number of anilines is 1. The van der Waals surface area contributed by atoms with Gasteiger partial charge in [0.1, 0.15) is 6.61 Å². The van der Waals surface area contributed by atoms with Gasteiger partial charge in [0.05, 0.1) is 11.7 Å². The summed E-state index contributed by atoms with van der Waals surface area (Å²) in [7, 11) is 0. The van der Waals surface area contributed by atoms with Crippen molar-refractivity contribution in [3.05, 3.63) is 23.8 Å². The smallest absolute Gasteiger partial charge is 0.202 e. The second-order valence-electron chi connectivity index (χ2n) is 3.04. The zero-order chi connectivity index (χ0) is 10.1. The van der Waals surface area contributed by atoms with Gasteiger partial charge in [-0.15, -0.1) is 11.6 Å². The van der Waals surface area contributed by atoms with Crippen LogP contribution >= 0.6 is 11.6 Å². The number of hydrogen-bond acceptors (Lipinski definition) is 2. The van der Waals surface area contributed by atoms with Crippen LogP contribution in [0.25, 0.3) is 0 Å². The molecule has 0 radical (unpaired) electrons. The SMILES string of the molecule is Fc1ccc2c(c1F)OCC(CCl)N2. The average molecular weight is 220 g/mol. The number of ether oxygens (including phenoxy) is 1. The van der Waals surface area contributed by atoms with Crippen LogP contribution < -0.4 is 10.1 Å². The quantitative estimate of drug-likeness (QED) is 0.733. The Morgan fingerprint density at radius 1 is 1.50 bits per heavy atom. The molecule has 1 aromatic carbocycles. The van der Waals surface area contributed by atoms with Crippen LogP contribution in [-0.2, 0) is 0 Å². The van der Waals surface area contributed by atoms with Crippen molar-refractivity contribution < 1.29 is 13.5 Å². The molecule has 1 aliphatic rings. The fourth-order valence-electron chi connectivity index (χ4n) is 1.32. The molecule has 0 aliphatic carbocycles. The molecule has 5 heteroatoms. The summed E-state index contributed by atoms with van der Waals surface area (Å²) < 4.78 is 31.0. The summed E-state index contributed by atoms with van der Waals surface area (Å²) >= 11 is 5.61. The number of benzene rings is 1. The highest BCUT2D eigenvalue weighted by atomic mass is 35.5. The third-order valence-corrected chi connectivity index (χ3v) is 2.40. The van der Waals surface area contributed by atoms with Gasteiger partial charge < -0.3 is 10.1 Å². The predicted molar refractivity (Wildman–Crippen MR) is 50.0 cm³/mol. The fourth-order valence-corrected chi connectivity index (χ4v) is 1.48. The molecule has 0 saturated carbocycles. The van der Waals surface area contributed by atoms with Gasteiger partial charge in [-0.3, -0.25) is 0 Å². The number of fused-ring (bicyclic) bond motifs is 1. The first kappa shape index (κ1) is 9.52. The van der Waals surface area contributed by atoms with Crippen molar-refractivity contribution in [3.63, 3.8) is 0 Å². The third kappa shape index (κ3) is 1.50. The van der Waals surface area contributed by atoms with Crippen LogP contribution in [0.2, 0.25) is 0 Å². The van der Waals surface area contributed by atoms with Crippen LogP contribution in [0.3, 0.4) is 0 Å². The maximum absolute atomic E-state index is 13.1. The minimum atomic E-state index is -0.956. The van der Waals surface area contributed by atoms with Gasteiger partial charge in [0, 0.05) is 5.88 Å². The van der Waals surface area contributed by atoms with E-state index in [-0.39, 0.29) is 18.4 Å². The normalized spacial score (nSPS) is 19.5. The van der Waals surface area contributed by atoms with Gasteiger partial charge in [0.2, 0.25) is 5.82 Å². The molecule has 0 spiro atoms. The minimum Gasteiger partial charge on any atom is -0.486 e. The number of halogens is 3. The van der Waals surface area contributed by atoms with E-state index in [1.54, 1.807) is 0 Å². The lowest BCUT2D eigenvalue weighted by Gasteiger charge is -2.26. The summed E-state index contributed by atoms with van der Waals surface area (Å²) in [6.45, 7) is 0.247. The van der Waals surface area contributed by atoms with Crippen LogP contribution in [0.5, 0.6) is 5.75 Å². The van der Waals surface area contributed by atoms with Crippen LogP contribution in [0, 0.1) is 11.6 Å². The van der Waals surface area contributed by atoms with Crippen LogP contribution in [-0.4, -0.2) is 18.5 Å². The van der Waals surface area contributed by atoms with Gasteiger partial charge in [0.15, 0.2) is 11.6 Å². The second kappa shape index (κ2) is 3.61. The first-order valence-corrected chi connectivity index (χ1v) is 4.69. The van der Waals surface area contributed by atoms with Gasteiger partial charge in [-0.25, -0.2) is 4.39 Å². The molecule has 2 rings (SSSR count). The molecule has 2 nitrogen and oxygen atoms in total. The van der Waals surface area contributed by atoms with E-state index < -0.39 is 11.6 Å². The van der Waals surface area contributed by atoms with Crippen LogP contribution in [0.1, 0.15) is 0 Å². The molecule has 0 saturated heterocycles. The Morgan fingerprint density at radius 2 is 2.29 bits per heavy atom. The Labute approximate surface area is 84.8 Å². The first-order chi connectivity index (χ1) is 6.72. The zero-order valence-electron chi connectivity index (χ0n) is 7.19. The Balaban J connectivity index is 2.36. The molecule has 0 bridgehead atoms. The first-order valence-electron chi connectivity index (χ1n) is 4.15. The van der Waals surface area contributed by atoms with Crippen LogP contribution in [0.4, 0.5) is 14.5 Å². The molecule has 0 fully saturated rings. The largest absolute Gasteiger partial charge is 0.486 e. The molecule has 1 aromatic rings. The molecule has 1 atom stereocenters. The summed E-state index contributed by atoms with van der Waals surface area (Å²) in [5.41, 5.74) is 0.445. The second-order valence-corrected chi connectivity index (χ2v) is 3.35. The molecule has 14 heavy (non-hydrogen) atoms. The van der Waals surface area contributed by atoms with Crippen LogP contribution in [0.15, 0.2) is 12.1 Å². The zero-order valence-corrected chi connectivity index (χ0v) is 7.94. The van der Waals surface area contributed by atoms with E-state index in [0.29, 0.717) is 11.6 Å². The maximum Gasteiger partial charge on any atom is 0.202 e. The van der Waals surface area contributed by atoms with Gasteiger partial charge >= 0.3 is 0 Å². The maximum atomic E-state index is 13.1. The summed E-state index contributed by atoms with van der Waals surface area (Å²) in [5.74, 6) is -1.57. The summed E-state index contributed by atoms with van der Waals surface area (Å²) in [4.78, 5) is 0. The molecule has 1 unspecified atom stereocenters. The van der Waals surface area contributed by atoms with E-state index >= 15 is 0 Å². The third-order valence-electron chi connectivity index (χ3n) is 2.02. The van der Waals surface area contributed by atoms with Gasteiger partial charge in [-0.05, 0) is 12.1 Å². The predicted octanol–water partition coefficient (Wildman–Crippen LogP) is 2.38. The van der Waals surface area contributed by atoms with Crippen molar-refractivity contribution in [3.8, 4) is 5.75 Å². The van der Waals surface area contributed by atoms with E-state index in [4.69, 9.17) is 16.3 Å². The summed E-state index contributed by atoms with van der Waals surface area (Å²) in [5, 5.41) is 2.95. The molecule has 0 amide bonds. The molecule has 76 valence electrons. The lowest BCUT2D eigenvalue weighted by atomic mass is 10.2. The van der Waals surface area contributed by atoms with Crippen molar-refractivity contribution in [2.75, 3.05) is 17.8 Å². The minimum absolute atomic E-state index is 0.0611. The lowest BCUT2D eigenvalue weighted by Crippen LogP contribution is -2.33. The van der Waals surface area contributed by atoms with Crippen molar-refractivity contribution in [1.82, 2.24) is 0 Å². The van der Waals surface area contributed by atoms with Crippen molar-refractivity contribution >= 4 is 17.3 Å². The molecular formula is C9H8ClF2NO. The molecule has 0 aromatic heterocycles. The van der Waals surface area contributed by atoms with E-state index in [1.807, 2.05) is 0 Å². The fraction of sp³-hybridized carbons (Fsp3) is 0.333. The summed E-state index contributed by atoms with van der Waals surface area (Å²) in [6, 6.07) is 2.43. The highest BCUT2D eigenvalue weighted by Crippen LogP contribution is 2.33. The molecule has 1 heterocycles.